The Morgan fingerprint density at radius 1 is 0.968 bits per heavy atom. The minimum Gasteiger partial charge on any atom is -0.484 e. The lowest BCUT2D eigenvalue weighted by molar-refractivity contribution is -0.118. The smallest absolute Gasteiger partial charge is 0.262 e. The van der Waals surface area contributed by atoms with E-state index < -0.39 is 0 Å². The fourth-order valence-electron chi connectivity index (χ4n) is 3.21. The number of benzene rings is 3. The maximum Gasteiger partial charge on any atom is 0.262 e. The molecule has 6 heteroatoms. The Kier molecular flexibility index (Phi) is 7.47. The predicted molar refractivity (Wildman–Crippen MR) is 127 cm³/mol. The summed E-state index contributed by atoms with van der Waals surface area (Å²) < 4.78 is 6.67. The molecule has 0 bridgehead atoms. The lowest BCUT2D eigenvalue weighted by atomic mass is 10.1. The first-order valence-corrected chi connectivity index (χ1v) is 10.8. The van der Waals surface area contributed by atoms with Crippen molar-refractivity contribution >= 4 is 33.4 Å². The molecule has 3 aromatic carbocycles. The van der Waals surface area contributed by atoms with Gasteiger partial charge in [-0.3, -0.25) is 9.59 Å². The molecule has 0 saturated heterocycles. The summed E-state index contributed by atoms with van der Waals surface area (Å²) in [4.78, 5) is 25.3. The number of aryl methyl sites for hydroxylation is 2. The number of hydrogen-bond acceptors (Lipinski definition) is 3. The maximum atomic E-state index is 12.8. The van der Waals surface area contributed by atoms with Crippen molar-refractivity contribution in [2.45, 2.75) is 26.8 Å². The summed E-state index contributed by atoms with van der Waals surface area (Å²) in [6.07, 6.45) is 0. The van der Waals surface area contributed by atoms with Gasteiger partial charge in [0, 0.05) is 4.47 Å². The van der Waals surface area contributed by atoms with Gasteiger partial charge in [0.15, 0.2) is 6.61 Å². The van der Waals surface area contributed by atoms with E-state index in [1.807, 2.05) is 63.2 Å². The van der Waals surface area contributed by atoms with Crippen molar-refractivity contribution in [1.29, 1.82) is 0 Å². The van der Waals surface area contributed by atoms with E-state index >= 15 is 0 Å². The molecule has 3 aromatic rings. The molecule has 160 valence electrons. The van der Waals surface area contributed by atoms with Crippen LogP contribution in [0.4, 0.5) is 5.69 Å². The number of amides is 2. The second-order valence-electron chi connectivity index (χ2n) is 7.36. The number of ether oxygens (including phenoxy) is 1. The molecule has 3 rings (SSSR count). The van der Waals surface area contributed by atoms with E-state index in [0.29, 0.717) is 17.0 Å². The lowest BCUT2D eigenvalue weighted by Gasteiger charge is -2.16. The second kappa shape index (κ2) is 10.3. The third-order valence-corrected chi connectivity index (χ3v) is 6.12. The molecule has 0 heterocycles. The molecule has 0 aromatic heterocycles. The Labute approximate surface area is 191 Å². The van der Waals surface area contributed by atoms with Crippen LogP contribution in [0.2, 0.25) is 0 Å². The zero-order chi connectivity index (χ0) is 22.4. The zero-order valence-corrected chi connectivity index (χ0v) is 19.3. The summed E-state index contributed by atoms with van der Waals surface area (Å²) in [5.41, 5.74) is 3.91. The number of halogens is 1. The number of hydrogen-bond donors (Lipinski definition) is 2. The van der Waals surface area contributed by atoms with Crippen LogP contribution >= 0.6 is 15.9 Å². The quantitative estimate of drug-likeness (QED) is 0.464. The van der Waals surface area contributed by atoms with Gasteiger partial charge in [0.1, 0.15) is 5.75 Å². The first-order chi connectivity index (χ1) is 14.8. The summed E-state index contributed by atoms with van der Waals surface area (Å²) in [5.74, 6) is 0.0259. The average Bonchev–Trinajstić information content (AvgIpc) is 2.76. The number of carbonyl (C=O) groups excluding carboxylic acids is 2. The van der Waals surface area contributed by atoms with Crippen molar-refractivity contribution in [3.05, 3.63) is 93.5 Å². The van der Waals surface area contributed by atoms with Crippen LogP contribution in [0.3, 0.4) is 0 Å². The Morgan fingerprint density at radius 3 is 2.26 bits per heavy atom. The van der Waals surface area contributed by atoms with Gasteiger partial charge in [0.05, 0.1) is 17.3 Å². The molecule has 0 aliphatic rings. The van der Waals surface area contributed by atoms with Crippen LogP contribution in [-0.4, -0.2) is 18.4 Å². The van der Waals surface area contributed by atoms with E-state index in [0.717, 1.165) is 21.2 Å². The molecule has 0 aliphatic carbocycles. The minimum atomic E-state index is -0.338. The number of nitrogens with one attached hydrogen (secondary N) is 2. The van der Waals surface area contributed by atoms with Crippen LogP contribution in [0.15, 0.2) is 71.2 Å². The molecule has 0 spiro atoms. The third kappa shape index (κ3) is 5.95. The summed E-state index contributed by atoms with van der Waals surface area (Å²) in [6.45, 7) is 5.70. The van der Waals surface area contributed by atoms with Gasteiger partial charge in [-0.1, -0.05) is 58.4 Å². The Morgan fingerprint density at radius 2 is 1.58 bits per heavy atom. The number of carbonyl (C=O) groups is 2. The van der Waals surface area contributed by atoms with Gasteiger partial charge < -0.3 is 15.4 Å². The first kappa shape index (κ1) is 22.6. The first-order valence-electron chi connectivity index (χ1n) is 9.99. The Balaban J connectivity index is 1.64. The van der Waals surface area contributed by atoms with Crippen molar-refractivity contribution in [2.75, 3.05) is 11.9 Å². The number of anilines is 1. The molecular weight excluding hydrogens is 456 g/mol. The van der Waals surface area contributed by atoms with Gasteiger partial charge in [0.2, 0.25) is 0 Å². The fraction of sp³-hybridized carbons (Fsp3) is 0.200. The molecule has 31 heavy (non-hydrogen) atoms. The highest BCUT2D eigenvalue weighted by Crippen LogP contribution is 2.26. The molecule has 5 nitrogen and oxygen atoms in total. The average molecular weight is 481 g/mol. The Bertz CT molecular complexity index is 1060. The molecule has 0 fully saturated rings. The van der Waals surface area contributed by atoms with Crippen molar-refractivity contribution < 1.29 is 14.3 Å². The highest BCUT2D eigenvalue weighted by atomic mass is 79.9. The SMILES string of the molecule is Cc1cc(OCC(=O)Nc2ccccc2C(=O)N[C@@H](C)c2ccccc2)cc(C)c1Br. The van der Waals surface area contributed by atoms with E-state index in [1.165, 1.54) is 0 Å². The van der Waals surface area contributed by atoms with Crippen molar-refractivity contribution in [1.82, 2.24) is 5.32 Å². The normalized spacial score (nSPS) is 11.5. The van der Waals surface area contributed by atoms with Crippen molar-refractivity contribution in [2.24, 2.45) is 0 Å². The van der Waals surface area contributed by atoms with Crippen LogP contribution in [0, 0.1) is 13.8 Å². The molecule has 0 radical (unpaired) electrons. The second-order valence-corrected chi connectivity index (χ2v) is 8.15. The standard InChI is InChI=1S/C25H25BrN2O3/c1-16-13-20(14-17(2)24(16)26)31-15-23(29)28-22-12-8-7-11-21(22)25(30)27-18(3)19-9-5-4-6-10-19/h4-14,18H,15H2,1-3H3,(H,27,30)(H,28,29)/t18-/m0/s1. The van der Waals surface area contributed by atoms with Crippen molar-refractivity contribution in [3.63, 3.8) is 0 Å². The van der Waals surface area contributed by atoms with Crippen LogP contribution in [0.1, 0.15) is 40.0 Å². The summed E-state index contributed by atoms with van der Waals surface area (Å²) in [6, 6.07) is 20.2. The largest absolute Gasteiger partial charge is 0.484 e. The molecule has 0 unspecified atom stereocenters. The summed E-state index contributed by atoms with van der Waals surface area (Å²) >= 11 is 3.52. The van der Waals surface area contributed by atoms with Gasteiger partial charge >= 0.3 is 0 Å². The van der Waals surface area contributed by atoms with E-state index in [4.69, 9.17) is 4.74 Å². The molecule has 0 saturated carbocycles. The van der Waals surface area contributed by atoms with Crippen LogP contribution < -0.4 is 15.4 Å². The van der Waals surface area contributed by atoms with Crippen molar-refractivity contribution in [3.8, 4) is 5.75 Å². The molecule has 2 N–H and O–H groups in total. The molecular formula is C25H25BrN2O3. The van der Waals surface area contributed by atoms with Gasteiger partial charge in [-0.15, -0.1) is 0 Å². The molecule has 2 amide bonds. The third-order valence-electron chi connectivity index (χ3n) is 4.87. The fourth-order valence-corrected chi connectivity index (χ4v) is 3.44. The van der Waals surface area contributed by atoms with E-state index in [1.54, 1.807) is 24.3 Å². The van der Waals surface area contributed by atoms with Gasteiger partial charge in [-0.25, -0.2) is 0 Å². The predicted octanol–water partition coefficient (Wildman–Crippen LogP) is 5.57. The monoisotopic (exact) mass is 480 g/mol. The summed E-state index contributed by atoms with van der Waals surface area (Å²) in [7, 11) is 0. The lowest BCUT2D eigenvalue weighted by Crippen LogP contribution is -2.28. The summed E-state index contributed by atoms with van der Waals surface area (Å²) in [5, 5.41) is 5.76. The highest BCUT2D eigenvalue weighted by Gasteiger charge is 2.16. The minimum absolute atomic E-state index is 0.156. The van der Waals surface area contributed by atoms with Gasteiger partial charge in [-0.05, 0) is 61.7 Å². The van der Waals surface area contributed by atoms with E-state index in [9.17, 15) is 9.59 Å². The number of para-hydroxylation sites is 1. The zero-order valence-electron chi connectivity index (χ0n) is 17.7. The van der Waals surface area contributed by atoms with Gasteiger partial charge in [0.25, 0.3) is 11.8 Å². The van der Waals surface area contributed by atoms with Crippen LogP contribution in [0.25, 0.3) is 0 Å². The Hall–Kier alpha value is -3.12. The highest BCUT2D eigenvalue weighted by molar-refractivity contribution is 9.10. The van der Waals surface area contributed by atoms with E-state index in [2.05, 4.69) is 26.6 Å². The van der Waals surface area contributed by atoms with Crippen LogP contribution in [0.5, 0.6) is 5.75 Å². The topological polar surface area (TPSA) is 67.4 Å². The van der Waals surface area contributed by atoms with Gasteiger partial charge in [-0.2, -0.15) is 0 Å². The number of rotatable bonds is 7. The maximum absolute atomic E-state index is 12.8. The van der Waals surface area contributed by atoms with Crippen LogP contribution in [-0.2, 0) is 4.79 Å². The molecule has 0 aliphatic heterocycles. The van der Waals surface area contributed by atoms with E-state index in [-0.39, 0.29) is 24.5 Å². The molecule has 1 atom stereocenters.